The fourth-order valence-electron chi connectivity index (χ4n) is 0.850. The van der Waals surface area contributed by atoms with Gasteiger partial charge in [0.05, 0.1) is 12.2 Å². The number of carboxylic acids is 1. The highest BCUT2D eigenvalue weighted by Gasteiger charge is 2.04. The smallest absolute Gasteiger partial charge is 0.337 e. The van der Waals surface area contributed by atoms with Crippen LogP contribution in [0, 0.1) is 0 Å². The molecule has 0 spiro atoms. The summed E-state index contributed by atoms with van der Waals surface area (Å²) in [6, 6.07) is 0. The zero-order chi connectivity index (χ0) is 11.7. The monoisotopic (exact) mass is 212 g/mol. The van der Waals surface area contributed by atoms with Gasteiger partial charge < -0.3 is 9.84 Å². The van der Waals surface area contributed by atoms with Gasteiger partial charge >= 0.3 is 11.9 Å². The van der Waals surface area contributed by atoms with Crippen molar-refractivity contribution in [3.8, 4) is 0 Å². The summed E-state index contributed by atoms with van der Waals surface area (Å²) in [7, 11) is 0. The third kappa shape index (κ3) is 7.49. The van der Waals surface area contributed by atoms with E-state index in [-0.39, 0.29) is 5.57 Å². The van der Waals surface area contributed by atoms with Gasteiger partial charge in [-0.05, 0) is 12.5 Å². The fourth-order valence-corrected chi connectivity index (χ4v) is 0.850. The van der Waals surface area contributed by atoms with Crippen LogP contribution in [-0.4, -0.2) is 23.7 Å². The quantitative estimate of drug-likeness (QED) is 0.303. The number of rotatable bonds is 7. The predicted octanol–water partition coefficient (Wildman–Crippen LogP) is 1.92. The molecule has 0 aromatic carbocycles. The van der Waals surface area contributed by atoms with Gasteiger partial charge in [-0.25, -0.2) is 9.59 Å². The van der Waals surface area contributed by atoms with Crippen LogP contribution >= 0.6 is 0 Å². The van der Waals surface area contributed by atoms with Gasteiger partial charge in [-0.3, -0.25) is 0 Å². The highest BCUT2D eigenvalue weighted by Crippen LogP contribution is 2.00. The predicted molar refractivity (Wildman–Crippen MR) is 56.4 cm³/mol. The van der Waals surface area contributed by atoms with Gasteiger partial charge in [0.1, 0.15) is 0 Å². The number of unbranched alkanes of at least 4 members (excludes halogenated alkanes) is 2. The van der Waals surface area contributed by atoms with E-state index in [0.29, 0.717) is 6.61 Å². The average Bonchev–Trinajstić information content (AvgIpc) is 2.20. The summed E-state index contributed by atoms with van der Waals surface area (Å²) in [4.78, 5) is 21.3. The maximum atomic E-state index is 11.2. The summed E-state index contributed by atoms with van der Waals surface area (Å²) in [5, 5.41) is 8.31. The lowest BCUT2D eigenvalue weighted by Gasteiger charge is -2.03. The van der Waals surface area contributed by atoms with Crippen LogP contribution in [0.5, 0.6) is 0 Å². The van der Waals surface area contributed by atoms with E-state index < -0.39 is 11.9 Å². The Kier molecular flexibility index (Phi) is 6.97. The van der Waals surface area contributed by atoms with E-state index in [4.69, 9.17) is 9.84 Å². The van der Waals surface area contributed by atoms with Gasteiger partial charge in [0, 0.05) is 6.08 Å². The topological polar surface area (TPSA) is 63.6 Å². The van der Waals surface area contributed by atoms with Gasteiger partial charge in [-0.1, -0.05) is 26.3 Å². The summed E-state index contributed by atoms with van der Waals surface area (Å²) in [5.41, 5.74) is 0.0499. The molecule has 0 amide bonds. The molecule has 0 aliphatic carbocycles. The Morgan fingerprint density at radius 2 is 2.00 bits per heavy atom. The van der Waals surface area contributed by atoms with Gasteiger partial charge in [0.25, 0.3) is 0 Å². The van der Waals surface area contributed by atoms with Crippen LogP contribution in [0.1, 0.15) is 26.2 Å². The molecule has 0 bridgehead atoms. The molecule has 4 nitrogen and oxygen atoms in total. The van der Waals surface area contributed by atoms with Gasteiger partial charge in [-0.2, -0.15) is 0 Å². The van der Waals surface area contributed by atoms with Gasteiger partial charge in [0.15, 0.2) is 0 Å². The maximum Gasteiger partial charge on any atom is 0.337 e. The minimum atomic E-state index is -1.12. The van der Waals surface area contributed by atoms with Crippen LogP contribution in [0.4, 0.5) is 0 Å². The molecule has 0 rings (SSSR count). The molecule has 0 aliphatic heterocycles. The standard InChI is InChI=1S/C11H16O4/c1-3-4-5-8-15-11(14)9(2)6-7-10(12)13/h6-7H,2-5,8H2,1H3,(H,12,13). The highest BCUT2D eigenvalue weighted by molar-refractivity contribution is 5.93. The molecule has 0 aromatic heterocycles. The van der Waals surface area contributed by atoms with Crippen LogP contribution in [0.25, 0.3) is 0 Å². The van der Waals surface area contributed by atoms with Crippen molar-refractivity contribution >= 4 is 11.9 Å². The van der Waals surface area contributed by atoms with Crippen molar-refractivity contribution in [1.82, 2.24) is 0 Å². The summed E-state index contributed by atoms with van der Waals surface area (Å²) < 4.78 is 4.86. The summed E-state index contributed by atoms with van der Waals surface area (Å²) in [6.45, 7) is 5.81. The fraction of sp³-hybridized carbons (Fsp3) is 0.455. The average molecular weight is 212 g/mol. The van der Waals surface area contributed by atoms with Crippen molar-refractivity contribution in [3.63, 3.8) is 0 Å². The van der Waals surface area contributed by atoms with Crippen molar-refractivity contribution in [3.05, 3.63) is 24.3 Å². The Hall–Kier alpha value is -1.58. The van der Waals surface area contributed by atoms with E-state index in [2.05, 4.69) is 13.5 Å². The second-order valence-electron chi connectivity index (χ2n) is 3.04. The third-order valence-electron chi connectivity index (χ3n) is 1.67. The van der Waals surface area contributed by atoms with Crippen molar-refractivity contribution < 1.29 is 19.4 Å². The Morgan fingerprint density at radius 1 is 1.33 bits per heavy atom. The molecule has 0 saturated carbocycles. The minimum Gasteiger partial charge on any atom is -0.478 e. The Labute approximate surface area is 89.2 Å². The molecule has 0 fully saturated rings. The zero-order valence-corrected chi connectivity index (χ0v) is 8.86. The number of carbonyl (C=O) groups is 2. The zero-order valence-electron chi connectivity index (χ0n) is 8.86. The molecule has 4 heteroatoms. The molecule has 0 saturated heterocycles. The first-order valence-electron chi connectivity index (χ1n) is 4.85. The third-order valence-corrected chi connectivity index (χ3v) is 1.67. The van der Waals surface area contributed by atoms with Crippen molar-refractivity contribution in [2.75, 3.05) is 6.61 Å². The summed E-state index contributed by atoms with van der Waals surface area (Å²) >= 11 is 0. The number of hydrogen-bond donors (Lipinski definition) is 1. The largest absolute Gasteiger partial charge is 0.478 e. The number of esters is 1. The molecular weight excluding hydrogens is 196 g/mol. The van der Waals surface area contributed by atoms with E-state index in [1.165, 1.54) is 0 Å². The van der Waals surface area contributed by atoms with Crippen molar-refractivity contribution in [2.45, 2.75) is 26.2 Å². The minimum absolute atomic E-state index is 0.0499. The molecular formula is C11H16O4. The molecule has 0 atom stereocenters. The number of carbonyl (C=O) groups excluding carboxylic acids is 1. The van der Waals surface area contributed by atoms with E-state index in [1.54, 1.807) is 0 Å². The Morgan fingerprint density at radius 3 is 2.53 bits per heavy atom. The normalized spacial score (nSPS) is 10.2. The lowest BCUT2D eigenvalue weighted by molar-refractivity contribution is -0.138. The first-order valence-corrected chi connectivity index (χ1v) is 4.85. The summed E-state index contributed by atoms with van der Waals surface area (Å²) in [6.07, 6.45) is 4.86. The number of carboxylic acid groups (broad SMARTS) is 1. The van der Waals surface area contributed by atoms with E-state index in [9.17, 15) is 9.59 Å². The Balaban J connectivity index is 3.80. The number of aliphatic carboxylic acids is 1. The van der Waals surface area contributed by atoms with Crippen LogP contribution < -0.4 is 0 Å². The maximum absolute atomic E-state index is 11.2. The molecule has 1 N–H and O–H groups in total. The highest BCUT2D eigenvalue weighted by atomic mass is 16.5. The number of hydrogen-bond acceptors (Lipinski definition) is 3. The van der Waals surface area contributed by atoms with Crippen molar-refractivity contribution in [1.29, 1.82) is 0 Å². The van der Waals surface area contributed by atoms with Gasteiger partial charge in [0.2, 0.25) is 0 Å². The van der Waals surface area contributed by atoms with Crippen LogP contribution in [0.2, 0.25) is 0 Å². The summed E-state index contributed by atoms with van der Waals surface area (Å²) in [5.74, 6) is -1.68. The van der Waals surface area contributed by atoms with Gasteiger partial charge in [-0.15, -0.1) is 0 Å². The molecule has 0 aromatic rings. The SMILES string of the molecule is C=C(C=CC(=O)O)C(=O)OCCCCC. The number of ether oxygens (including phenoxy) is 1. The van der Waals surface area contributed by atoms with E-state index >= 15 is 0 Å². The molecule has 15 heavy (non-hydrogen) atoms. The lowest BCUT2D eigenvalue weighted by atomic mass is 10.2. The molecule has 0 unspecified atom stereocenters. The molecule has 0 aliphatic rings. The second kappa shape index (κ2) is 7.79. The first kappa shape index (κ1) is 13.4. The Bertz CT molecular complexity index is 266. The van der Waals surface area contributed by atoms with Crippen LogP contribution in [0.15, 0.2) is 24.3 Å². The second-order valence-corrected chi connectivity index (χ2v) is 3.04. The van der Waals surface area contributed by atoms with Crippen LogP contribution in [-0.2, 0) is 14.3 Å². The molecule has 0 heterocycles. The van der Waals surface area contributed by atoms with Crippen LogP contribution in [0.3, 0.4) is 0 Å². The van der Waals surface area contributed by atoms with E-state index in [1.807, 2.05) is 0 Å². The molecule has 0 radical (unpaired) electrons. The van der Waals surface area contributed by atoms with Crippen molar-refractivity contribution in [2.24, 2.45) is 0 Å². The lowest BCUT2D eigenvalue weighted by Crippen LogP contribution is -2.07. The van der Waals surface area contributed by atoms with E-state index in [0.717, 1.165) is 31.4 Å². The molecule has 84 valence electrons. The first-order chi connectivity index (χ1) is 7.07.